The average molecular weight is 286 g/mol. The predicted molar refractivity (Wildman–Crippen MR) is 69.7 cm³/mol. The molecule has 2 aromatic rings. The molecule has 0 fully saturated rings. The maximum Gasteiger partial charge on any atom is 0.260 e. The van der Waals surface area contributed by atoms with Gasteiger partial charge in [0.25, 0.3) is 5.91 Å². The third kappa shape index (κ3) is 2.60. The number of nitrogens with one attached hydrogen (secondary N) is 1. The number of amides is 1. The van der Waals surface area contributed by atoms with Crippen LogP contribution in [0.5, 0.6) is 5.75 Å². The number of halogens is 2. The molecule has 1 aromatic carbocycles. The Balaban J connectivity index is 2.27. The monoisotopic (exact) mass is 285 g/mol. The molecule has 1 aromatic heterocycles. The first-order valence-corrected chi connectivity index (χ1v) is 5.75. The summed E-state index contributed by atoms with van der Waals surface area (Å²) in [6, 6.07) is 6.40. The molecule has 0 spiro atoms. The van der Waals surface area contributed by atoms with Crippen LogP contribution in [0, 0.1) is 0 Å². The van der Waals surface area contributed by atoms with Crippen LogP contribution in [-0.2, 0) is 0 Å². The maximum absolute atomic E-state index is 11.9. The van der Waals surface area contributed by atoms with E-state index in [9.17, 15) is 4.79 Å². The molecule has 0 atom stereocenters. The van der Waals surface area contributed by atoms with Crippen LogP contribution in [0.4, 0.5) is 5.69 Å². The second-order valence-electron chi connectivity index (χ2n) is 3.41. The second-order valence-corrected chi connectivity index (χ2v) is 4.19. The molecule has 0 saturated heterocycles. The standard InChI is InChI=1S/C12H9Cl2NO3/c1-17-10-3-2-7(13)6-9(10)15-12(16)8-4-5-18-11(8)14/h2-6H,1H3,(H,15,16). The van der Waals surface area contributed by atoms with Crippen LogP contribution in [0.3, 0.4) is 0 Å². The number of benzene rings is 1. The van der Waals surface area contributed by atoms with Gasteiger partial charge in [-0.25, -0.2) is 0 Å². The molecule has 1 amide bonds. The molecule has 0 aliphatic rings. The topological polar surface area (TPSA) is 51.5 Å². The van der Waals surface area contributed by atoms with Crippen molar-refractivity contribution in [2.75, 3.05) is 12.4 Å². The molecule has 2 rings (SSSR count). The number of hydrogen-bond acceptors (Lipinski definition) is 3. The molecule has 94 valence electrons. The van der Waals surface area contributed by atoms with E-state index >= 15 is 0 Å². The number of rotatable bonds is 3. The van der Waals surface area contributed by atoms with Crippen molar-refractivity contribution in [3.63, 3.8) is 0 Å². The first kappa shape index (κ1) is 12.8. The van der Waals surface area contributed by atoms with E-state index in [1.807, 2.05) is 0 Å². The van der Waals surface area contributed by atoms with Crippen LogP contribution in [0.2, 0.25) is 10.2 Å². The van der Waals surface area contributed by atoms with Crippen molar-refractivity contribution >= 4 is 34.8 Å². The third-order valence-corrected chi connectivity index (χ3v) is 2.80. The Hall–Kier alpha value is -1.65. The molecule has 6 heteroatoms. The lowest BCUT2D eigenvalue weighted by Gasteiger charge is -2.09. The van der Waals surface area contributed by atoms with Crippen molar-refractivity contribution in [1.29, 1.82) is 0 Å². The lowest BCUT2D eigenvalue weighted by Crippen LogP contribution is -2.12. The molecular formula is C12H9Cl2NO3. The number of anilines is 1. The summed E-state index contributed by atoms with van der Waals surface area (Å²) in [6.45, 7) is 0. The Bertz CT molecular complexity index is 580. The molecular weight excluding hydrogens is 277 g/mol. The SMILES string of the molecule is COc1ccc(Cl)cc1NC(=O)c1ccoc1Cl. The Labute approximate surface area is 113 Å². The minimum absolute atomic E-state index is 0.0356. The molecule has 0 radical (unpaired) electrons. The van der Waals surface area contributed by atoms with Gasteiger partial charge in [-0.15, -0.1) is 0 Å². The predicted octanol–water partition coefficient (Wildman–Crippen LogP) is 3.85. The second kappa shape index (κ2) is 5.33. The number of carbonyl (C=O) groups excluding carboxylic acids is 1. The summed E-state index contributed by atoms with van der Waals surface area (Å²) in [7, 11) is 1.50. The zero-order valence-corrected chi connectivity index (χ0v) is 10.9. The van der Waals surface area contributed by atoms with E-state index in [0.717, 1.165) is 0 Å². The smallest absolute Gasteiger partial charge is 0.260 e. The highest BCUT2D eigenvalue weighted by molar-refractivity contribution is 6.33. The van der Waals surface area contributed by atoms with Gasteiger partial charge in [-0.2, -0.15) is 0 Å². The number of ether oxygens (including phenoxy) is 1. The summed E-state index contributed by atoms with van der Waals surface area (Å²) >= 11 is 11.6. The molecule has 0 saturated carbocycles. The largest absolute Gasteiger partial charge is 0.495 e. The molecule has 4 nitrogen and oxygen atoms in total. The Morgan fingerprint density at radius 3 is 2.72 bits per heavy atom. The van der Waals surface area contributed by atoms with Crippen LogP contribution in [-0.4, -0.2) is 13.0 Å². The van der Waals surface area contributed by atoms with Gasteiger partial charge >= 0.3 is 0 Å². The summed E-state index contributed by atoms with van der Waals surface area (Å²) < 4.78 is 9.97. The van der Waals surface area contributed by atoms with Crippen molar-refractivity contribution in [3.8, 4) is 5.75 Å². The highest BCUT2D eigenvalue weighted by Gasteiger charge is 2.15. The van der Waals surface area contributed by atoms with Gasteiger partial charge in [0, 0.05) is 5.02 Å². The fraction of sp³-hybridized carbons (Fsp3) is 0.0833. The highest BCUT2D eigenvalue weighted by Crippen LogP contribution is 2.28. The van der Waals surface area contributed by atoms with E-state index < -0.39 is 5.91 Å². The van der Waals surface area contributed by atoms with Gasteiger partial charge in [0.1, 0.15) is 5.75 Å². The fourth-order valence-electron chi connectivity index (χ4n) is 1.42. The average Bonchev–Trinajstić information content (AvgIpc) is 2.76. The van der Waals surface area contributed by atoms with Crippen molar-refractivity contribution < 1.29 is 13.9 Å². The van der Waals surface area contributed by atoms with Crippen LogP contribution < -0.4 is 10.1 Å². The van der Waals surface area contributed by atoms with Crippen molar-refractivity contribution in [3.05, 3.63) is 46.3 Å². The zero-order chi connectivity index (χ0) is 13.1. The lowest BCUT2D eigenvalue weighted by atomic mass is 10.2. The van der Waals surface area contributed by atoms with Gasteiger partial charge in [0.15, 0.2) is 0 Å². The lowest BCUT2D eigenvalue weighted by molar-refractivity contribution is 0.102. The van der Waals surface area contributed by atoms with Gasteiger partial charge in [0.05, 0.1) is 24.6 Å². The first-order valence-electron chi connectivity index (χ1n) is 4.99. The fourth-order valence-corrected chi connectivity index (χ4v) is 1.80. The molecule has 1 heterocycles. The van der Waals surface area contributed by atoms with E-state index in [-0.39, 0.29) is 10.8 Å². The summed E-state index contributed by atoms with van der Waals surface area (Å²) in [5.41, 5.74) is 0.714. The van der Waals surface area contributed by atoms with E-state index in [0.29, 0.717) is 16.5 Å². The van der Waals surface area contributed by atoms with Gasteiger partial charge in [-0.1, -0.05) is 11.6 Å². The van der Waals surface area contributed by atoms with Crippen LogP contribution >= 0.6 is 23.2 Å². The van der Waals surface area contributed by atoms with E-state index in [4.69, 9.17) is 32.4 Å². The molecule has 1 N–H and O–H groups in total. The van der Waals surface area contributed by atoms with Crippen LogP contribution in [0.25, 0.3) is 0 Å². The van der Waals surface area contributed by atoms with Gasteiger partial charge in [-0.3, -0.25) is 4.79 Å². The summed E-state index contributed by atoms with van der Waals surface area (Å²) in [6.07, 6.45) is 1.34. The molecule has 0 aliphatic carbocycles. The highest BCUT2D eigenvalue weighted by atomic mass is 35.5. The van der Waals surface area contributed by atoms with E-state index in [1.165, 1.54) is 19.4 Å². The first-order chi connectivity index (χ1) is 8.61. The Morgan fingerprint density at radius 1 is 1.33 bits per heavy atom. The minimum Gasteiger partial charge on any atom is -0.495 e. The Kier molecular flexibility index (Phi) is 3.79. The molecule has 0 unspecified atom stereocenters. The normalized spacial score (nSPS) is 10.2. The molecule has 0 bridgehead atoms. The number of hydrogen-bond donors (Lipinski definition) is 1. The van der Waals surface area contributed by atoms with Crippen molar-refractivity contribution in [1.82, 2.24) is 0 Å². The summed E-state index contributed by atoms with van der Waals surface area (Å²) in [5, 5.41) is 3.18. The van der Waals surface area contributed by atoms with Crippen molar-refractivity contribution in [2.45, 2.75) is 0 Å². The Morgan fingerprint density at radius 2 is 2.11 bits per heavy atom. The van der Waals surface area contributed by atoms with E-state index in [1.54, 1.807) is 18.2 Å². The van der Waals surface area contributed by atoms with E-state index in [2.05, 4.69) is 5.32 Å². The number of methoxy groups -OCH3 is 1. The maximum atomic E-state index is 11.9. The van der Waals surface area contributed by atoms with Gasteiger partial charge < -0.3 is 14.5 Å². The number of carbonyl (C=O) groups is 1. The minimum atomic E-state index is -0.394. The molecule has 0 aliphatic heterocycles. The summed E-state index contributed by atoms with van der Waals surface area (Å²) in [5.74, 6) is 0.113. The van der Waals surface area contributed by atoms with Crippen LogP contribution in [0.15, 0.2) is 34.9 Å². The zero-order valence-electron chi connectivity index (χ0n) is 9.37. The van der Waals surface area contributed by atoms with Gasteiger partial charge in [0.2, 0.25) is 5.22 Å². The third-order valence-electron chi connectivity index (χ3n) is 2.27. The van der Waals surface area contributed by atoms with Crippen LogP contribution in [0.1, 0.15) is 10.4 Å². The summed E-state index contributed by atoms with van der Waals surface area (Å²) in [4.78, 5) is 11.9. The molecule has 18 heavy (non-hydrogen) atoms. The van der Waals surface area contributed by atoms with Gasteiger partial charge in [-0.05, 0) is 35.9 Å². The van der Waals surface area contributed by atoms with Crippen molar-refractivity contribution in [2.24, 2.45) is 0 Å². The quantitative estimate of drug-likeness (QED) is 0.932. The number of furan rings is 1.